The van der Waals surface area contributed by atoms with E-state index in [-0.39, 0.29) is 17.9 Å². The molecule has 3 rings (SSSR count). The predicted molar refractivity (Wildman–Crippen MR) is 101 cm³/mol. The number of hydrogen-bond acceptors (Lipinski definition) is 4. The molecule has 26 heavy (non-hydrogen) atoms. The Kier molecular flexibility index (Phi) is 5.61. The van der Waals surface area contributed by atoms with E-state index < -0.39 is 0 Å². The van der Waals surface area contributed by atoms with Crippen LogP contribution in [0.2, 0.25) is 0 Å². The van der Waals surface area contributed by atoms with E-state index in [2.05, 4.69) is 10.2 Å². The van der Waals surface area contributed by atoms with Crippen LogP contribution in [0.5, 0.6) is 0 Å². The number of nitrogens with zero attached hydrogens (tertiary/aromatic N) is 2. The van der Waals surface area contributed by atoms with Gasteiger partial charge in [-0.25, -0.2) is 0 Å². The summed E-state index contributed by atoms with van der Waals surface area (Å²) in [6, 6.07) is 7.61. The molecule has 6 nitrogen and oxygen atoms in total. The van der Waals surface area contributed by atoms with Crippen LogP contribution < -0.4 is 5.32 Å². The minimum absolute atomic E-state index is 0.0880. The van der Waals surface area contributed by atoms with Gasteiger partial charge in [0, 0.05) is 43.0 Å². The molecule has 0 unspecified atom stereocenters. The molecule has 140 valence electrons. The molecule has 1 N–H and O–H groups in total. The van der Waals surface area contributed by atoms with Crippen LogP contribution in [0.4, 0.5) is 0 Å². The number of rotatable bonds is 7. The zero-order chi connectivity index (χ0) is 18.7. The molecule has 1 aliphatic rings. The Morgan fingerprint density at radius 2 is 2.15 bits per heavy atom. The summed E-state index contributed by atoms with van der Waals surface area (Å²) < 4.78 is 5.54. The van der Waals surface area contributed by atoms with Crippen molar-refractivity contribution in [3.8, 4) is 0 Å². The molecule has 2 heterocycles. The molecular weight excluding hydrogens is 330 g/mol. The second-order valence-corrected chi connectivity index (χ2v) is 7.24. The van der Waals surface area contributed by atoms with Gasteiger partial charge in [0.15, 0.2) is 0 Å². The van der Waals surface area contributed by atoms with E-state index in [1.807, 2.05) is 44.1 Å². The number of carbonyl (C=O) groups is 2. The third-order valence-electron chi connectivity index (χ3n) is 4.91. The van der Waals surface area contributed by atoms with Crippen molar-refractivity contribution in [1.82, 2.24) is 15.1 Å². The molecule has 2 amide bonds. The number of hydrogen-bond donors (Lipinski definition) is 1. The Morgan fingerprint density at radius 3 is 2.92 bits per heavy atom. The van der Waals surface area contributed by atoms with Crippen molar-refractivity contribution in [2.45, 2.75) is 32.2 Å². The number of carbonyl (C=O) groups excluding carboxylic acids is 2. The van der Waals surface area contributed by atoms with E-state index in [0.29, 0.717) is 18.5 Å². The largest absolute Gasteiger partial charge is 0.461 e. The highest BCUT2D eigenvalue weighted by atomic mass is 16.3. The van der Waals surface area contributed by atoms with Crippen LogP contribution in [0.3, 0.4) is 0 Å². The Labute approximate surface area is 154 Å². The van der Waals surface area contributed by atoms with Crippen molar-refractivity contribution in [3.05, 3.63) is 35.6 Å². The van der Waals surface area contributed by atoms with Gasteiger partial charge in [0.05, 0.1) is 0 Å². The maximum Gasteiger partial charge on any atom is 0.251 e. The zero-order valence-corrected chi connectivity index (χ0v) is 15.7. The Morgan fingerprint density at radius 1 is 1.35 bits per heavy atom. The van der Waals surface area contributed by atoms with Crippen molar-refractivity contribution >= 4 is 22.8 Å². The van der Waals surface area contributed by atoms with Gasteiger partial charge in [-0.15, -0.1) is 0 Å². The third-order valence-corrected chi connectivity index (χ3v) is 4.91. The van der Waals surface area contributed by atoms with Crippen LogP contribution in [0.15, 0.2) is 28.7 Å². The molecule has 0 aliphatic carbocycles. The van der Waals surface area contributed by atoms with Gasteiger partial charge < -0.3 is 19.5 Å². The number of amides is 2. The van der Waals surface area contributed by atoms with Crippen LogP contribution >= 0.6 is 0 Å². The molecule has 1 aliphatic heterocycles. The second kappa shape index (κ2) is 7.91. The molecular formula is C20H27N3O3. The summed E-state index contributed by atoms with van der Waals surface area (Å²) >= 11 is 0. The number of benzene rings is 1. The Hall–Kier alpha value is -2.34. The van der Waals surface area contributed by atoms with Crippen LogP contribution in [-0.2, 0) is 4.79 Å². The number of nitrogens with one attached hydrogen (secondary N) is 1. The molecule has 0 spiro atoms. The lowest BCUT2D eigenvalue weighted by Crippen LogP contribution is -2.40. The first-order valence-corrected chi connectivity index (χ1v) is 9.16. The molecule has 6 heteroatoms. The number of aryl methyl sites for hydroxylation is 1. The molecule has 1 aromatic carbocycles. The van der Waals surface area contributed by atoms with Crippen LogP contribution in [-0.4, -0.2) is 61.4 Å². The fourth-order valence-corrected chi connectivity index (χ4v) is 3.48. The smallest absolute Gasteiger partial charge is 0.251 e. The molecule has 1 aromatic heterocycles. The van der Waals surface area contributed by atoms with Crippen molar-refractivity contribution in [1.29, 1.82) is 0 Å². The maximum absolute atomic E-state index is 12.4. The van der Waals surface area contributed by atoms with E-state index >= 15 is 0 Å². The summed E-state index contributed by atoms with van der Waals surface area (Å²) in [5.74, 6) is 0.972. The molecule has 1 atom stereocenters. The quantitative estimate of drug-likeness (QED) is 0.826. The zero-order valence-electron chi connectivity index (χ0n) is 15.7. The normalized spacial score (nSPS) is 17.5. The summed E-state index contributed by atoms with van der Waals surface area (Å²) in [4.78, 5) is 28.5. The van der Waals surface area contributed by atoms with Gasteiger partial charge in [-0.05, 0) is 58.1 Å². The lowest BCUT2D eigenvalue weighted by atomic mass is 10.1. The standard InChI is InChI=1S/C20H27N3O3/c1-14-12-16-13-15(4-6-18(16)26-14)20(25)21-9-8-17-5-7-19(24)23(17)11-10-22(2)3/h4,6,12-13,17H,5,7-11H2,1-3H3,(H,21,25)/t17-/m0/s1. The number of fused-ring (bicyclic) bond motifs is 1. The van der Waals surface area contributed by atoms with Gasteiger partial charge in [0.2, 0.25) is 5.91 Å². The summed E-state index contributed by atoms with van der Waals surface area (Å²) in [7, 11) is 4.02. The highest BCUT2D eigenvalue weighted by molar-refractivity contribution is 5.97. The topological polar surface area (TPSA) is 65.8 Å². The summed E-state index contributed by atoms with van der Waals surface area (Å²) in [6.07, 6.45) is 2.28. The number of furan rings is 1. The summed E-state index contributed by atoms with van der Waals surface area (Å²) in [5, 5.41) is 3.92. The van der Waals surface area contributed by atoms with Crippen LogP contribution in [0.1, 0.15) is 35.4 Å². The fourth-order valence-electron chi connectivity index (χ4n) is 3.48. The van der Waals surface area contributed by atoms with E-state index in [1.165, 1.54) is 0 Å². The fraction of sp³-hybridized carbons (Fsp3) is 0.500. The van der Waals surface area contributed by atoms with Gasteiger partial charge in [-0.3, -0.25) is 9.59 Å². The Bertz CT molecular complexity index is 797. The van der Waals surface area contributed by atoms with Gasteiger partial charge in [0.25, 0.3) is 5.91 Å². The predicted octanol–water partition coefficient (Wildman–Crippen LogP) is 2.41. The lowest BCUT2D eigenvalue weighted by Gasteiger charge is -2.26. The monoisotopic (exact) mass is 357 g/mol. The summed E-state index contributed by atoms with van der Waals surface area (Å²) in [6.45, 7) is 4.07. The average Bonchev–Trinajstić information content (AvgIpc) is 3.13. The molecule has 0 radical (unpaired) electrons. The number of likely N-dealkylation sites (tertiary alicyclic amines) is 1. The van der Waals surface area contributed by atoms with E-state index in [0.717, 1.165) is 42.7 Å². The van der Waals surface area contributed by atoms with E-state index in [9.17, 15) is 9.59 Å². The molecule has 0 saturated carbocycles. The first-order chi connectivity index (χ1) is 12.4. The highest BCUT2D eigenvalue weighted by Gasteiger charge is 2.30. The minimum atomic E-state index is -0.0880. The number of likely N-dealkylation sites (N-methyl/N-ethyl adjacent to an activating group) is 1. The van der Waals surface area contributed by atoms with Gasteiger partial charge in [-0.1, -0.05) is 0 Å². The van der Waals surface area contributed by atoms with Gasteiger partial charge in [0.1, 0.15) is 11.3 Å². The molecule has 2 aromatic rings. The van der Waals surface area contributed by atoms with Crippen LogP contribution in [0, 0.1) is 6.92 Å². The van der Waals surface area contributed by atoms with Gasteiger partial charge >= 0.3 is 0 Å². The van der Waals surface area contributed by atoms with Crippen LogP contribution in [0.25, 0.3) is 11.0 Å². The van der Waals surface area contributed by atoms with E-state index in [1.54, 1.807) is 6.07 Å². The van der Waals surface area contributed by atoms with Crippen molar-refractivity contribution < 1.29 is 14.0 Å². The van der Waals surface area contributed by atoms with Crippen molar-refractivity contribution in [2.24, 2.45) is 0 Å². The SMILES string of the molecule is Cc1cc2cc(C(=O)NCC[C@@H]3CCC(=O)N3CCN(C)C)ccc2o1. The first kappa shape index (κ1) is 18.5. The van der Waals surface area contributed by atoms with Crippen molar-refractivity contribution in [3.63, 3.8) is 0 Å². The highest BCUT2D eigenvalue weighted by Crippen LogP contribution is 2.22. The second-order valence-electron chi connectivity index (χ2n) is 7.24. The maximum atomic E-state index is 12.4. The third kappa shape index (κ3) is 4.25. The minimum Gasteiger partial charge on any atom is -0.461 e. The molecule has 1 fully saturated rings. The summed E-state index contributed by atoms with van der Waals surface area (Å²) in [5.41, 5.74) is 1.42. The lowest BCUT2D eigenvalue weighted by molar-refractivity contribution is -0.129. The Balaban J connectivity index is 1.52. The molecule has 0 bridgehead atoms. The first-order valence-electron chi connectivity index (χ1n) is 9.16. The van der Waals surface area contributed by atoms with Gasteiger partial charge in [-0.2, -0.15) is 0 Å². The van der Waals surface area contributed by atoms with E-state index in [4.69, 9.17) is 4.42 Å². The average molecular weight is 357 g/mol. The molecule has 1 saturated heterocycles. The van der Waals surface area contributed by atoms with Crippen molar-refractivity contribution in [2.75, 3.05) is 33.7 Å².